The van der Waals surface area contributed by atoms with Gasteiger partial charge in [-0.05, 0) is 36.4 Å². The van der Waals surface area contributed by atoms with Crippen LogP contribution in [0.2, 0.25) is 0 Å². The van der Waals surface area contributed by atoms with E-state index in [0.29, 0.717) is 5.69 Å². The Morgan fingerprint density at radius 1 is 1.00 bits per heavy atom. The van der Waals surface area contributed by atoms with E-state index in [1.165, 1.54) is 28.8 Å². The summed E-state index contributed by atoms with van der Waals surface area (Å²) < 4.78 is 12.9. The first-order valence-corrected chi connectivity index (χ1v) is 7.37. The molecule has 1 saturated heterocycles. The minimum Gasteiger partial charge on any atom is -0.274 e. The van der Waals surface area contributed by atoms with Gasteiger partial charge in [-0.25, -0.2) is 9.29 Å². The van der Waals surface area contributed by atoms with E-state index < -0.39 is 5.25 Å². The number of hydrogen-bond donors (Lipinski definition) is 0. The number of carbonyl (C=O) groups is 2. The molecule has 1 aliphatic heterocycles. The highest BCUT2D eigenvalue weighted by Crippen LogP contribution is 2.33. The Kier molecular flexibility index (Phi) is 3.75. The lowest BCUT2D eigenvalue weighted by atomic mass is 10.3. The summed E-state index contributed by atoms with van der Waals surface area (Å²) in [5, 5.41) is -0.455. The number of hydrogen-bond acceptors (Lipinski definition) is 3. The number of benzene rings is 2. The summed E-state index contributed by atoms with van der Waals surface area (Å²) in [6, 6.07) is 14.8. The predicted octanol–water partition coefficient (Wildman–Crippen LogP) is 3.25. The van der Waals surface area contributed by atoms with Gasteiger partial charge in [-0.15, -0.1) is 11.8 Å². The molecule has 3 rings (SSSR count). The van der Waals surface area contributed by atoms with E-state index in [1.807, 2.05) is 6.07 Å². The average molecular weight is 301 g/mol. The van der Waals surface area contributed by atoms with Crippen molar-refractivity contribution in [3.63, 3.8) is 0 Å². The van der Waals surface area contributed by atoms with Gasteiger partial charge in [0.1, 0.15) is 5.82 Å². The molecule has 3 nitrogen and oxygen atoms in total. The normalized spacial score (nSPS) is 18.3. The number of amides is 2. The highest BCUT2D eigenvalue weighted by molar-refractivity contribution is 8.00. The molecule has 106 valence electrons. The van der Waals surface area contributed by atoms with Crippen molar-refractivity contribution in [3.8, 4) is 0 Å². The number of carbonyl (C=O) groups excluding carboxylic acids is 2. The van der Waals surface area contributed by atoms with Crippen LogP contribution >= 0.6 is 11.8 Å². The van der Waals surface area contributed by atoms with Gasteiger partial charge in [-0.2, -0.15) is 0 Å². The van der Waals surface area contributed by atoms with Crippen LogP contribution in [0.3, 0.4) is 0 Å². The van der Waals surface area contributed by atoms with Crippen molar-refractivity contribution >= 4 is 29.3 Å². The van der Waals surface area contributed by atoms with E-state index in [1.54, 1.807) is 36.4 Å². The van der Waals surface area contributed by atoms with Crippen molar-refractivity contribution in [3.05, 3.63) is 60.4 Å². The van der Waals surface area contributed by atoms with Gasteiger partial charge >= 0.3 is 0 Å². The number of halogens is 1. The highest BCUT2D eigenvalue weighted by Gasteiger charge is 2.39. The SMILES string of the molecule is O=C1C[C@H](Sc2ccc(F)cc2)C(=O)N1c1ccccc1. The van der Waals surface area contributed by atoms with Gasteiger partial charge in [0.2, 0.25) is 11.8 Å². The number of anilines is 1. The Morgan fingerprint density at radius 2 is 1.67 bits per heavy atom. The quantitative estimate of drug-likeness (QED) is 0.817. The summed E-state index contributed by atoms with van der Waals surface area (Å²) in [6.45, 7) is 0. The molecule has 1 aliphatic rings. The molecule has 0 saturated carbocycles. The van der Waals surface area contributed by atoms with Gasteiger partial charge < -0.3 is 0 Å². The summed E-state index contributed by atoms with van der Waals surface area (Å²) in [5.41, 5.74) is 0.592. The molecule has 0 spiro atoms. The number of thioether (sulfide) groups is 1. The monoisotopic (exact) mass is 301 g/mol. The van der Waals surface area contributed by atoms with Crippen LogP contribution in [0.1, 0.15) is 6.42 Å². The van der Waals surface area contributed by atoms with Gasteiger partial charge in [0.05, 0.1) is 10.9 Å². The topological polar surface area (TPSA) is 37.4 Å². The minimum atomic E-state index is -0.455. The number of para-hydroxylation sites is 1. The lowest BCUT2D eigenvalue weighted by Crippen LogP contribution is -2.30. The maximum absolute atomic E-state index is 12.9. The first-order chi connectivity index (χ1) is 10.1. The molecule has 0 N–H and O–H groups in total. The fourth-order valence-electron chi connectivity index (χ4n) is 2.22. The van der Waals surface area contributed by atoms with E-state index in [9.17, 15) is 14.0 Å². The van der Waals surface area contributed by atoms with Gasteiger partial charge in [0.15, 0.2) is 0 Å². The minimum absolute atomic E-state index is 0.162. The number of imide groups is 1. The maximum Gasteiger partial charge on any atom is 0.247 e. The van der Waals surface area contributed by atoms with Gasteiger partial charge in [-0.1, -0.05) is 18.2 Å². The average Bonchev–Trinajstić information content (AvgIpc) is 2.77. The molecule has 5 heteroatoms. The second kappa shape index (κ2) is 5.69. The second-order valence-electron chi connectivity index (χ2n) is 4.67. The molecule has 2 aromatic carbocycles. The smallest absolute Gasteiger partial charge is 0.247 e. The lowest BCUT2D eigenvalue weighted by Gasteiger charge is -2.14. The van der Waals surface area contributed by atoms with Crippen molar-refractivity contribution in [2.45, 2.75) is 16.6 Å². The molecule has 1 fully saturated rings. The zero-order valence-corrected chi connectivity index (χ0v) is 11.8. The second-order valence-corrected chi connectivity index (χ2v) is 5.94. The van der Waals surface area contributed by atoms with Crippen molar-refractivity contribution in [1.29, 1.82) is 0 Å². The Hall–Kier alpha value is -2.14. The van der Waals surface area contributed by atoms with Crippen molar-refractivity contribution < 1.29 is 14.0 Å². The molecule has 0 unspecified atom stereocenters. The van der Waals surface area contributed by atoms with Crippen LogP contribution in [0.4, 0.5) is 10.1 Å². The van der Waals surface area contributed by atoms with Gasteiger partial charge in [0, 0.05) is 11.3 Å². The van der Waals surface area contributed by atoms with Gasteiger partial charge in [0.25, 0.3) is 0 Å². The first-order valence-electron chi connectivity index (χ1n) is 6.49. The Morgan fingerprint density at radius 3 is 2.33 bits per heavy atom. The fourth-order valence-corrected chi connectivity index (χ4v) is 3.28. The van der Waals surface area contributed by atoms with Crippen molar-refractivity contribution in [1.82, 2.24) is 0 Å². The maximum atomic E-state index is 12.9. The summed E-state index contributed by atoms with van der Waals surface area (Å²) in [7, 11) is 0. The van der Waals surface area contributed by atoms with E-state index >= 15 is 0 Å². The fraction of sp³-hybridized carbons (Fsp3) is 0.125. The molecule has 0 radical (unpaired) electrons. The molecule has 2 aromatic rings. The largest absolute Gasteiger partial charge is 0.274 e. The third kappa shape index (κ3) is 2.83. The Balaban J connectivity index is 1.79. The van der Waals surface area contributed by atoms with Crippen LogP contribution in [-0.2, 0) is 9.59 Å². The van der Waals surface area contributed by atoms with Crippen LogP contribution < -0.4 is 4.90 Å². The molecule has 21 heavy (non-hydrogen) atoms. The Bertz CT molecular complexity index is 672. The van der Waals surface area contributed by atoms with E-state index in [-0.39, 0.29) is 24.1 Å². The lowest BCUT2D eigenvalue weighted by molar-refractivity contribution is -0.121. The van der Waals surface area contributed by atoms with Gasteiger partial charge in [-0.3, -0.25) is 9.59 Å². The van der Waals surface area contributed by atoms with Crippen LogP contribution in [0.25, 0.3) is 0 Å². The molecule has 0 bridgehead atoms. The zero-order valence-electron chi connectivity index (χ0n) is 11.0. The van der Waals surface area contributed by atoms with Crippen LogP contribution in [0.15, 0.2) is 59.5 Å². The number of nitrogens with zero attached hydrogens (tertiary/aromatic N) is 1. The van der Waals surface area contributed by atoms with E-state index in [4.69, 9.17) is 0 Å². The molecular formula is C16H12FNO2S. The van der Waals surface area contributed by atoms with Crippen LogP contribution in [0, 0.1) is 5.82 Å². The molecule has 0 aromatic heterocycles. The molecule has 2 amide bonds. The van der Waals surface area contributed by atoms with Crippen LogP contribution in [-0.4, -0.2) is 17.1 Å². The summed E-state index contributed by atoms with van der Waals surface area (Å²) in [6.07, 6.45) is 0.162. The summed E-state index contributed by atoms with van der Waals surface area (Å²) in [4.78, 5) is 26.5. The summed E-state index contributed by atoms with van der Waals surface area (Å²) in [5.74, 6) is -0.745. The standard InChI is InChI=1S/C16H12FNO2S/c17-11-6-8-13(9-7-11)21-14-10-15(19)18(16(14)20)12-4-2-1-3-5-12/h1-9,14H,10H2/t14-/m0/s1. The molecular weight excluding hydrogens is 289 g/mol. The van der Waals surface area contributed by atoms with E-state index in [0.717, 1.165) is 4.90 Å². The van der Waals surface area contributed by atoms with E-state index in [2.05, 4.69) is 0 Å². The molecule has 1 atom stereocenters. The first kappa shape index (κ1) is 13.8. The third-order valence-electron chi connectivity index (χ3n) is 3.21. The zero-order chi connectivity index (χ0) is 14.8. The predicted molar refractivity (Wildman–Crippen MR) is 79.6 cm³/mol. The third-order valence-corrected chi connectivity index (χ3v) is 4.41. The molecule has 0 aliphatic carbocycles. The molecule has 1 heterocycles. The number of rotatable bonds is 3. The van der Waals surface area contributed by atoms with Crippen LogP contribution in [0.5, 0.6) is 0 Å². The highest BCUT2D eigenvalue weighted by atomic mass is 32.2. The summed E-state index contributed by atoms with van der Waals surface area (Å²) >= 11 is 1.29. The Labute approximate surface area is 125 Å². The van der Waals surface area contributed by atoms with Crippen molar-refractivity contribution in [2.75, 3.05) is 4.90 Å². The van der Waals surface area contributed by atoms with Crippen molar-refractivity contribution in [2.24, 2.45) is 0 Å².